The highest BCUT2D eigenvalue weighted by atomic mass is 32.1. The van der Waals surface area contributed by atoms with Crippen molar-refractivity contribution in [2.24, 2.45) is 4.99 Å². The highest BCUT2D eigenvalue weighted by Gasteiger charge is 2.33. The number of ether oxygens (including phenoxy) is 3. The molecule has 0 fully saturated rings. The molecule has 0 aliphatic carbocycles. The maximum atomic E-state index is 14.3. The molecule has 0 amide bonds. The first-order valence-electron chi connectivity index (χ1n) is 15.1. The molecule has 6 rings (SSSR count). The predicted molar refractivity (Wildman–Crippen MR) is 178 cm³/mol. The van der Waals surface area contributed by atoms with Crippen LogP contribution in [0.4, 0.5) is 0 Å². The van der Waals surface area contributed by atoms with Crippen molar-refractivity contribution < 1.29 is 19.0 Å². The molecular weight excluding hydrogens is 600 g/mol. The minimum atomic E-state index is -0.717. The maximum absolute atomic E-state index is 14.3. The third-order valence-electron chi connectivity index (χ3n) is 7.60. The molecule has 9 nitrogen and oxygen atoms in total. The number of rotatable bonds is 10. The zero-order chi connectivity index (χ0) is 32.2. The summed E-state index contributed by atoms with van der Waals surface area (Å²) in [5.41, 5.74) is 4.57. The second-order valence-electron chi connectivity index (χ2n) is 10.7. The van der Waals surface area contributed by atoms with Crippen LogP contribution in [0.25, 0.3) is 23.0 Å². The lowest BCUT2D eigenvalue weighted by atomic mass is 9.96. The molecule has 0 saturated carbocycles. The Labute approximate surface area is 270 Å². The van der Waals surface area contributed by atoms with Gasteiger partial charge in [0.05, 0.1) is 47.9 Å². The van der Waals surface area contributed by atoms with Crippen LogP contribution in [0.1, 0.15) is 44.4 Å². The average molecular weight is 635 g/mol. The Balaban J connectivity index is 1.51. The highest BCUT2D eigenvalue weighted by molar-refractivity contribution is 7.07. The van der Waals surface area contributed by atoms with Crippen molar-refractivity contribution in [1.29, 1.82) is 0 Å². The molecule has 46 heavy (non-hydrogen) atoms. The lowest BCUT2D eigenvalue weighted by Crippen LogP contribution is -2.39. The number of aromatic nitrogens is 3. The number of carbonyl (C=O) groups is 1. The van der Waals surface area contributed by atoms with E-state index in [4.69, 9.17) is 24.3 Å². The Bertz CT molecular complexity index is 2080. The summed E-state index contributed by atoms with van der Waals surface area (Å²) in [6.45, 7) is 6.44. The largest absolute Gasteiger partial charge is 0.497 e. The normalized spacial score (nSPS) is 14.5. The lowest BCUT2D eigenvalue weighted by molar-refractivity contribution is -0.139. The highest BCUT2D eigenvalue weighted by Crippen LogP contribution is 2.32. The number of allylic oxidation sites excluding steroid dienone is 1. The zero-order valence-corrected chi connectivity index (χ0v) is 26.9. The number of fused-ring (bicyclic) bond motifs is 1. The van der Waals surface area contributed by atoms with Gasteiger partial charge in [0.2, 0.25) is 0 Å². The third-order valence-corrected chi connectivity index (χ3v) is 8.58. The number of esters is 1. The molecule has 5 aromatic rings. The van der Waals surface area contributed by atoms with Crippen LogP contribution in [0.3, 0.4) is 0 Å². The van der Waals surface area contributed by atoms with Crippen LogP contribution in [0, 0.1) is 0 Å². The molecule has 0 N–H and O–H groups in total. The molecule has 0 spiro atoms. The first-order chi connectivity index (χ1) is 22.4. The van der Waals surface area contributed by atoms with Gasteiger partial charge in [-0.1, -0.05) is 48.6 Å². The summed E-state index contributed by atoms with van der Waals surface area (Å²) in [6, 6.07) is 24.2. The number of carbonyl (C=O) groups excluding carboxylic acids is 1. The number of para-hydroxylation sites is 1. The van der Waals surface area contributed by atoms with Crippen LogP contribution >= 0.6 is 11.3 Å². The van der Waals surface area contributed by atoms with E-state index >= 15 is 0 Å². The minimum Gasteiger partial charge on any atom is -0.497 e. The monoisotopic (exact) mass is 634 g/mol. The number of thiazole rings is 1. The Morgan fingerprint density at radius 1 is 0.978 bits per heavy atom. The van der Waals surface area contributed by atoms with Crippen molar-refractivity contribution in [2.75, 3.05) is 20.3 Å². The standard InChI is InChI=1S/C36H34N4O5S/c1-5-20-45-29-18-12-24(13-19-29)32-26(22-39(38-32)27-10-8-7-9-11-27)21-30-34(41)40-33(25-14-16-28(43-4)17-15-25)31(35(42)44-6-2)23(3)37-36(40)46-30/h7-19,21-22,33H,5-6,20H2,1-4H3/b30-21-/t33-/m1/s1. The predicted octanol–water partition coefficient (Wildman–Crippen LogP) is 5.45. The van der Waals surface area contributed by atoms with Gasteiger partial charge in [0, 0.05) is 17.3 Å². The van der Waals surface area contributed by atoms with Crippen LogP contribution in [0.15, 0.2) is 106 Å². The maximum Gasteiger partial charge on any atom is 0.338 e. The van der Waals surface area contributed by atoms with Gasteiger partial charge in [-0.05, 0) is 80.4 Å². The van der Waals surface area contributed by atoms with Crippen molar-refractivity contribution in [3.63, 3.8) is 0 Å². The van der Waals surface area contributed by atoms with Crippen LogP contribution < -0.4 is 24.4 Å². The Kier molecular flexibility index (Phi) is 8.98. The van der Waals surface area contributed by atoms with Crippen molar-refractivity contribution in [1.82, 2.24) is 14.3 Å². The Hall–Kier alpha value is -5.22. The molecular formula is C36H34N4O5S. The lowest BCUT2D eigenvalue weighted by Gasteiger charge is -2.24. The number of benzene rings is 3. The first kappa shape index (κ1) is 30.8. The molecule has 0 unspecified atom stereocenters. The van der Waals surface area contributed by atoms with E-state index in [9.17, 15) is 9.59 Å². The minimum absolute atomic E-state index is 0.204. The molecule has 0 radical (unpaired) electrons. The van der Waals surface area contributed by atoms with Gasteiger partial charge in [0.25, 0.3) is 5.56 Å². The van der Waals surface area contributed by atoms with Gasteiger partial charge in [-0.3, -0.25) is 9.36 Å². The van der Waals surface area contributed by atoms with Crippen molar-refractivity contribution in [3.05, 3.63) is 127 Å². The fourth-order valence-electron chi connectivity index (χ4n) is 5.39. The van der Waals surface area contributed by atoms with Gasteiger partial charge >= 0.3 is 5.97 Å². The van der Waals surface area contributed by atoms with E-state index in [0.29, 0.717) is 38.7 Å². The molecule has 3 heterocycles. The van der Waals surface area contributed by atoms with E-state index < -0.39 is 12.0 Å². The van der Waals surface area contributed by atoms with E-state index in [2.05, 4.69) is 6.92 Å². The average Bonchev–Trinajstić information content (AvgIpc) is 3.64. The number of methoxy groups -OCH3 is 1. The summed E-state index contributed by atoms with van der Waals surface area (Å²) in [5, 5.41) is 4.93. The zero-order valence-electron chi connectivity index (χ0n) is 26.1. The number of hydrogen-bond donors (Lipinski definition) is 0. The molecule has 234 valence electrons. The summed E-state index contributed by atoms with van der Waals surface area (Å²) in [7, 11) is 1.59. The van der Waals surface area contributed by atoms with Gasteiger partial charge < -0.3 is 14.2 Å². The van der Waals surface area contributed by atoms with Gasteiger partial charge in [-0.25, -0.2) is 14.5 Å². The van der Waals surface area contributed by atoms with E-state index in [1.807, 2.05) is 95.8 Å². The quantitative estimate of drug-likeness (QED) is 0.190. The van der Waals surface area contributed by atoms with E-state index in [-0.39, 0.29) is 12.2 Å². The van der Waals surface area contributed by atoms with Gasteiger partial charge in [0.15, 0.2) is 4.80 Å². The van der Waals surface area contributed by atoms with Crippen molar-refractivity contribution >= 4 is 23.4 Å². The SMILES string of the molecule is CCCOc1ccc(-c2nn(-c3ccccc3)cc2/C=c2\sc3n(c2=O)[C@H](c2ccc(OC)cc2)C(C(=O)OCC)=C(C)N=3)cc1. The molecule has 3 aromatic carbocycles. The second-order valence-corrected chi connectivity index (χ2v) is 11.7. The molecule has 0 bridgehead atoms. The molecule has 2 aromatic heterocycles. The Morgan fingerprint density at radius 2 is 1.70 bits per heavy atom. The summed E-state index contributed by atoms with van der Waals surface area (Å²) >= 11 is 1.27. The van der Waals surface area contributed by atoms with E-state index in [1.165, 1.54) is 11.3 Å². The van der Waals surface area contributed by atoms with Gasteiger partial charge in [0.1, 0.15) is 17.2 Å². The first-order valence-corrected chi connectivity index (χ1v) is 16.0. The van der Waals surface area contributed by atoms with Crippen LogP contribution in [-0.2, 0) is 9.53 Å². The summed E-state index contributed by atoms with van der Waals surface area (Å²) in [5.74, 6) is 0.952. The number of hydrogen-bond acceptors (Lipinski definition) is 8. The van der Waals surface area contributed by atoms with Crippen LogP contribution in [-0.4, -0.2) is 40.6 Å². The third kappa shape index (κ3) is 6.03. The summed E-state index contributed by atoms with van der Waals surface area (Å²) in [4.78, 5) is 32.7. The fraction of sp³-hybridized carbons (Fsp3) is 0.222. The molecule has 1 aliphatic heterocycles. The van der Waals surface area contributed by atoms with Gasteiger partial charge in [-0.2, -0.15) is 5.10 Å². The Morgan fingerprint density at radius 3 is 2.37 bits per heavy atom. The smallest absolute Gasteiger partial charge is 0.338 e. The number of nitrogens with zero attached hydrogens (tertiary/aromatic N) is 4. The molecule has 1 atom stereocenters. The second kappa shape index (κ2) is 13.4. The van der Waals surface area contributed by atoms with Crippen LogP contribution in [0.2, 0.25) is 0 Å². The fourth-order valence-corrected chi connectivity index (χ4v) is 6.43. The topological polar surface area (TPSA) is 96.9 Å². The summed E-state index contributed by atoms with van der Waals surface area (Å²) in [6.07, 6.45) is 4.69. The van der Waals surface area contributed by atoms with Crippen LogP contribution in [0.5, 0.6) is 11.5 Å². The molecule has 0 saturated heterocycles. The van der Waals surface area contributed by atoms with Crippen molar-refractivity contribution in [2.45, 2.75) is 33.2 Å². The van der Waals surface area contributed by atoms with E-state index in [1.54, 1.807) is 25.5 Å². The van der Waals surface area contributed by atoms with Crippen molar-refractivity contribution in [3.8, 4) is 28.4 Å². The summed E-state index contributed by atoms with van der Waals surface area (Å²) < 4.78 is 20.4. The van der Waals surface area contributed by atoms with E-state index in [0.717, 1.165) is 34.5 Å². The van der Waals surface area contributed by atoms with Gasteiger partial charge in [-0.15, -0.1) is 0 Å². The molecule has 1 aliphatic rings. The molecule has 10 heteroatoms.